The highest BCUT2D eigenvalue weighted by atomic mass is 79.9. The van der Waals surface area contributed by atoms with Gasteiger partial charge in [0.2, 0.25) is 0 Å². The molecule has 0 saturated heterocycles. The second kappa shape index (κ2) is 7.21. The second-order valence-corrected chi connectivity index (χ2v) is 5.94. The van der Waals surface area contributed by atoms with Gasteiger partial charge in [-0.1, -0.05) is 52.7 Å². The molecule has 106 valence electrons. The van der Waals surface area contributed by atoms with E-state index in [1.54, 1.807) is 12.1 Å². The van der Waals surface area contributed by atoms with Gasteiger partial charge in [-0.2, -0.15) is 0 Å². The summed E-state index contributed by atoms with van der Waals surface area (Å²) in [4.78, 5) is 0. The van der Waals surface area contributed by atoms with E-state index in [-0.39, 0.29) is 16.9 Å². The lowest BCUT2D eigenvalue weighted by Gasteiger charge is -2.19. The van der Waals surface area contributed by atoms with E-state index in [0.29, 0.717) is 0 Å². The van der Waals surface area contributed by atoms with Crippen LogP contribution in [0.3, 0.4) is 0 Å². The van der Waals surface area contributed by atoms with Crippen molar-refractivity contribution in [1.82, 2.24) is 5.32 Å². The third-order valence-corrected chi connectivity index (χ3v) is 3.97. The molecule has 2 aromatic rings. The van der Waals surface area contributed by atoms with Crippen molar-refractivity contribution in [1.29, 1.82) is 0 Å². The summed E-state index contributed by atoms with van der Waals surface area (Å²) < 4.78 is 14.3. The molecule has 0 aliphatic heterocycles. The summed E-state index contributed by atoms with van der Waals surface area (Å²) in [7, 11) is 0. The molecule has 0 saturated carbocycles. The van der Waals surface area contributed by atoms with E-state index in [1.807, 2.05) is 12.1 Å². The van der Waals surface area contributed by atoms with Gasteiger partial charge in [0.05, 0.1) is 5.02 Å². The van der Waals surface area contributed by atoms with Crippen molar-refractivity contribution >= 4 is 27.5 Å². The van der Waals surface area contributed by atoms with E-state index >= 15 is 0 Å². The summed E-state index contributed by atoms with van der Waals surface area (Å²) in [5, 5.41) is 3.62. The Kier molecular flexibility index (Phi) is 5.58. The Balaban J connectivity index is 2.20. The van der Waals surface area contributed by atoms with Crippen LogP contribution >= 0.6 is 27.5 Å². The molecule has 2 aromatic carbocycles. The van der Waals surface area contributed by atoms with Gasteiger partial charge in [-0.3, -0.25) is 0 Å². The van der Waals surface area contributed by atoms with Crippen molar-refractivity contribution in [3.63, 3.8) is 0 Å². The van der Waals surface area contributed by atoms with Crippen LogP contribution in [0.15, 0.2) is 46.9 Å². The maximum absolute atomic E-state index is 13.2. The predicted molar refractivity (Wildman–Crippen MR) is 85.7 cm³/mol. The van der Waals surface area contributed by atoms with Crippen LogP contribution in [0.25, 0.3) is 0 Å². The first-order valence-electron chi connectivity index (χ1n) is 6.53. The first kappa shape index (κ1) is 15.5. The summed E-state index contributed by atoms with van der Waals surface area (Å²) in [6.45, 7) is 2.94. The quantitative estimate of drug-likeness (QED) is 0.782. The minimum atomic E-state index is -0.376. The number of rotatable bonds is 5. The van der Waals surface area contributed by atoms with Gasteiger partial charge < -0.3 is 5.32 Å². The predicted octanol–water partition coefficient (Wildman–Crippen LogP) is 5.13. The number of nitrogens with one attached hydrogen (secondary N) is 1. The molecule has 1 N–H and O–H groups in total. The van der Waals surface area contributed by atoms with E-state index in [2.05, 4.69) is 40.3 Å². The number of likely N-dealkylation sites (N-methyl/N-ethyl adjacent to an activating group) is 1. The number of halogens is 3. The molecule has 1 unspecified atom stereocenters. The fraction of sp³-hybridized carbons (Fsp3) is 0.250. The Morgan fingerprint density at radius 1 is 1.20 bits per heavy atom. The Labute approximate surface area is 132 Å². The van der Waals surface area contributed by atoms with E-state index < -0.39 is 0 Å². The molecule has 0 spiro atoms. The standard InChI is InChI=1S/C16H16BrClFN/c1-2-20-16(12-4-6-13(17)7-5-12)10-11-3-8-15(19)14(18)9-11/h3-9,16,20H,2,10H2,1H3. The molecule has 0 aliphatic carbocycles. The Bertz CT molecular complexity index is 571. The number of hydrogen-bond donors (Lipinski definition) is 1. The van der Waals surface area contributed by atoms with Crippen molar-refractivity contribution in [2.75, 3.05) is 6.54 Å². The SMILES string of the molecule is CCNC(Cc1ccc(F)c(Cl)c1)c1ccc(Br)cc1. The minimum absolute atomic E-state index is 0.175. The van der Waals surface area contributed by atoms with E-state index in [1.165, 1.54) is 11.6 Å². The van der Waals surface area contributed by atoms with Gasteiger partial charge in [-0.25, -0.2) is 4.39 Å². The van der Waals surface area contributed by atoms with Crippen LogP contribution in [0.2, 0.25) is 5.02 Å². The molecule has 4 heteroatoms. The van der Waals surface area contributed by atoms with Crippen LogP contribution in [0.5, 0.6) is 0 Å². The van der Waals surface area contributed by atoms with Gasteiger partial charge in [0.15, 0.2) is 0 Å². The molecular formula is C16H16BrClFN. The highest BCUT2D eigenvalue weighted by molar-refractivity contribution is 9.10. The first-order valence-corrected chi connectivity index (χ1v) is 7.70. The van der Waals surface area contributed by atoms with Crippen LogP contribution in [-0.4, -0.2) is 6.54 Å². The molecule has 0 fully saturated rings. The van der Waals surface area contributed by atoms with Crippen molar-refractivity contribution in [2.24, 2.45) is 0 Å². The van der Waals surface area contributed by atoms with Crippen molar-refractivity contribution in [2.45, 2.75) is 19.4 Å². The maximum atomic E-state index is 13.2. The van der Waals surface area contributed by atoms with Crippen LogP contribution in [0.4, 0.5) is 4.39 Å². The van der Waals surface area contributed by atoms with Gasteiger partial charge in [-0.15, -0.1) is 0 Å². The highest BCUT2D eigenvalue weighted by Gasteiger charge is 2.12. The highest BCUT2D eigenvalue weighted by Crippen LogP contribution is 2.23. The lowest BCUT2D eigenvalue weighted by molar-refractivity contribution is 0.548. The number of hydrogen-bond acceptors (Lipinski definition) is 1. The number of benzene rings is 2. The Hall–Kier alpha value is -0.900. The van der Waals surface area contributed by atoms with E-state index in [0.717, 1.165) is 23.0 Å². The van der Waals surface area contributed by atoms with Crippen LogP contribution in [-0.2, 0) is 6.42 Å². The van der Waals surface area contributed by atoms with Crippen molar-refractivity contribution in [3.05, 3.63) is 68.9 Å². The summed E-state index contributed by atoms with van der Waals surface area (Å²) in [6.07, 6.45) is 0.773. The molecule has 0 radical (unpaired) electrons. The van der Waals surface area contributed by atoms with Crippen LogP contribution in [0.1, 0.15) is 24.1 Å². The lowest BCUT2D eigenvalue weighted by atomic mass is 9.99. The molecule has 0 aromatic heterocycles. The van der Waals surface area contributed by atoms with Gasteiger partial charge in [0.1, 0.15) is 5.82 Å². The van der Waals surface area contributed by atoms with E-state index in [9.17, 15) is 4.39 Å². The zero-order valence-electron chi connectivity index (χ0n) is 11.2. The van der Waals surface area contributed by atoms with Crippen molar-refractivity contribution < 1.29 is 4.39 Å². The summed E-state index contributed by atoms with van der Waals surface area (Å²) in [6, 6.07) is 13.3. The normalized spacial score (nSPS) is 12.4. The van der Waals surface area contributed by atoms with Gasteiger partial charge in [0.25, 0.3) is 0 Å². The van der Waals surface area contributed by atoms with Gasteiger partial charge >= 0.3 is 0 Å². The minimum Gasteiger partial charge on any atom is -0.310 e. The average Bonchev–Trinajstić information content (AvgIpc) is 2.43. The summed E-state index contributed by atoms with van der Waals surface area (Å²) >= 11 is 9.28. The zero-order valence-corrected chi connectivity index (χ0v) is 13.5. The molecule has 0 aliphatic rings. The average molecular weight is 357 g/mol. The molecular weight excluding hydrogens is 341 g/mol. The third kappa shape index (κ3) is 4.05. The summed E-state index contributed by atoms with van der Waals surface area (Å²) in [5.41, 5.74) is 2.22. The first-order chi connectivity index (χ1) is 9.60. The fourth-order valence-corrected chi connectivity index (χ4v) is 2.62. The Morgan fingerprint density at radius 2 is 1.90 bits per heavy atom. The molecule has 1 atom stereocenters. The molecule has 2 rings (SSSR count). The van der Waals surface area contributed by atoms with Crippen molar-refractivity contribution in [3.8, 4) is 0 Å². The second-order valence-electron chi connectivity index (χ2n) is 4.61. The zero-order chi connectivity index (χ0) is 14.5. The Morgan fingerprint density at radius 3 is 2.50 bits per heavy atom. The maximum Gasteiger partial charge on any atom is 0.141 e. The summed E-state index contributed by atoms with van der Waals surface area (Å²) in [5.74, 6) is -0.376. The molecule has 0 bridgehead atoms. The monoisotopic (exact) mass is 355 g/mol. The van der Waals surface area contributed by atoms with E-state index in [4.69, 9.17) is 11.6 Å². The molecule has 0 amide bonds. The largest absolute Gasteiger partial charge is 0.310 e. The smallest absolute Gasteiger partial charge is 0.141 e. The molecule has 20 heavy (non-hydrogen) atoms. The third-order valence-electron chi connectivity index (χ3n) is 3.15. The lowest BCUT2D eigenvalue weighted by Crippen LogP contribution is -2.22. The fourth-order valence-electron chi connectivity index (χ4n) is 2.15. The van der Waals surface area contributed by atoms with Crippen LogP contribution in [0, 0.1) is 5.82 Å². The van der Waals surface area contributed by atoms with Crippen LogP contribution < -0.4 is 5.32 Å². The van der Waals surface area contributed by atoms with Gasteiger partial charge in [-0.05, 0) is 48.4 Å². The molecule has 0 heterocycles. The topological polar surface area (TPSA) is 12.0 Å². The molecule has 1 nitrogen and oxygen atoms in total. The van der Waals surface area contributed by atoms with Gasteiger partial charge in [0, 0.05) is 10.5 Å².